The molecule has 0 spiro atoms. The molecular weight excluding hydrogens is 318 g/mol. The first-order chi connectivity index (χ1) is 11.5. The van der Waals surface area contributed by atoms with Crippen LogP contribution < -0.4 is 9.64 Å². The summed E-state index contributed by atoms with van der Waals surface area (Å²) in [5.41, 5.74) is 0.276. The van der Waals surface area contributed by atoms with Gasteiger partial charge in [0.25, 0.3) is 0 Å². The SMILES string of the molecule is O=C(O)C1CCN(c2cncc(Oc3ccc(F)cc3)c2F)CC1. The number of benzene rings is 1. The number of halogens is 2. The van der Waals surface area contributed by atoms with Crippen molar-refractivity contribution < 1.29 is 23.4 Å². The van der Waals surface area contributed by atoms with Crippen molar-refractivity contribution in [1.82, 2.24) is 4.98 Å². The molecule has 0 aliphatic carbocycles. The average Bonchev–Trinajstić information content (AvgIpc) is 2.59. The molecule has 1 aromatic heterocycles. The minimum atomic E-state index is -0.818. The number of pyridine rings is 1. The maximum absolute atomic E-state index is 14.7. The van der Waals surface area contributed by atoms with E-state index < -0.39 is 23.5 Å². The van der Waals surface area contributed by atoms with Crippen LogP contribution in [0.4, 0.5) is 14.5 Å². The summed E-state index contributed by atoms with van der Waals surface area (Å²) in [5, 5.41) is 9.03. The summed E-state index contributed by atoms with van der Waals surface area (Å²) in [4.78, 5) is 16.7. The van der Waals surface area contributed by atoms with Crippen molar-refractivity contribution in [1.29, 1.82) is 0 Å². The Morgan fingerprint density at radius 2 is 1.83 bits per heavy atom. The third-order valence-corrected chi connectivity index (χ3v) is 4.06. The average molecular weight is 334 g/mol. The Balaban J connectivity index is 1.76. The van der Waals surface area contributed by atoms with Crippen LogP contribution in [0.1, 0.15) is 12.8 Å². The topological polar surface area (TPSA) is 62.7 Å². The highest BCUT2D eigenvalue weighted by atomic mass is 19.1. The lowest BCUT2D eigenvalue weighted by molar-refractivity contribution is -0.142. The Kier molecular flexibility index (Phi) is 4.59. The second-order valence-corrected chi connectivity index (χ2v) is 5.63. The van der Waals surface area contributed by atoms with E-state index in [0.29, 0.717) is 31.7 Å². The molecular formula is C17H16F2N2O3. The van der Waals surface area contributed by atoms with Crippen LogP contribution in [0, 0.1) is 17.6 Å². The number of carboxylic acids is 1. The Labute approximate surface area is 137 Å². The van der Waals surface area contributed by atoms with Gasteiger partial charge < -0.3 is 14.7 Å². The number of aromatic nitrogens is 1. The van der Waals surface area contributed by atoms with Crippen LogP contribution in [0.2, 0.25) is 0 Å². The molecule has 0 radical (unpaired) electrons. The number of carboxylic acid groups (broad SMARTS) is 1. The van der Waals surface area contributed by atoms with E-state index in [9.17, 15) is 13.6 Å². The van der Waals surface area contributed by atoms with Crippen LogP contribution in [0.5, 0.6) is 11.5 Å². The second-order valence-electron chi connectivity index (χ2n) is 5.63. The van der Waals surface area contributed by atoms with E-state index in [2.05, 4.69) is 4.98 Å². The maximum Gasteiger partial charge on any atom is 0.306 e. The van der Waals surface area contributed by atoms with Crippen LogP contribution in [-0.2, 0) is 4.79 Å². The molecule has 1 saturated heterocycles. The molecule has 5 nitrogen and oxygen atoms in total. The van der Waals surface area contributed by atoms with Crippen molar-refractivity contribution in [3.63, 3.8) is 0 Å². The predicted octanol–water partition coefficient (Wildman–Crippen LogP) is 3.45. The van der Waals surface area contributed by atoms with Gasteiger partial charge in [-0.05, 0) is 37.1 Å². The molecule has 3 rings (SSSR count). The highest BCUT2D eigenvalue weighted by Gasteiger charge is 2.26. The minimum absolute atomic E-state index is 0.0560. The molecule has 7 heteroatoms. The second kappa shape index (κ2) is 6.82. The number of hydrogen-bond acceptors (Lipinski definition) is 4. The fourth-order valence-corrected chi connectivity index (χ4v) is 2.70. The number of rotatable bonds is 4. The van der Waals surface area contributed by atoms with Crippen molar-refractivity contribution >= 4 is 11.7 Å². The van der Waals surface area contributed by atoms with Gasteiger partial charge in [-0.15, -0.1) is 0 Å². The first kappa shape index (κ1) is 16.2. The number of carbonyl (C=O) groups is 1. The summed E-state index contributed by atoms with van der Waals surface area (Å²) in [6.07, 6.45) is 3.57. The van der Waals surface area contributed by atoms with Crippen molar-refractivity contribution in [2.24, 2.45) is 5.92 Å². The van der Waals surface area contributed by atoms with Crippen molar-refractivity contribution in [2.45, 2.75) is 12.8 Å². The number of anilines is 1. The smallest absolute Gasteiger partial charge is 0.306 e. The summed E-state index contributed by atoms with van der Waals surface area (Å²) in [6, 6.07) is 5.25. The van der Waals surface area contributed by atoms with Gasteiger partial charge in [0, 0.05) is 13.1 Å². The van der Waals surface area contributed by atoms with Gasteiger partial charge in [-0.3, -0.25) is 9.78 Å². The summed E-state index contributed by atoms with van der Waals surface area (Å²) >= 11 is 0. The van der Waals surface area contributed by atoms with E-state index in [-0.39, 0.29) is 11.4 Å². The van der Waals surface area contributed by atoms with E-state index in [1.54, 1.807) is 4.90 Å². The fourth-order valence-electron chi connectivity index (χ4n) is 2.70. The molecule has 126 valence electrons. The monoisotopic (exact) mass is 334 g/mol. The number of ether oxygens (including phenoxy) is 1. The molecule has 0 bridgehead atoms. The number of nitrogens with zero attached hydrogens (tertiary/aromatic N) is 2. The Morgan fingerprint density at radius 1 is 1.17 bits per heavy atom. The van der Waals surface area contributed by atoms with Crippen LogP contribution in [0.3, 0.4) is 0 Å². The molecule has 24 heavy (non-hydrogen) atoms. The van der Waals surface area contributed by atoms with Gasteiger partial charge in [0.05, 0.1) is 24.0 Å². The lowest BCUT2D eigenvalue weighted by Crippen LogP contribution is -2.36. The van der Waals surface area contributed by atoms with Crippen LogP contribution in [0.15, 0.2) is 36.7 Å². The van der Waals surface area contributed by atoms with Gasteiger partial charge >= 0.3 is 5.97 Å². The van der Waals surface area contributed by atoms with Crippen LogP contribution in [-0.4, -0.2) is 29.1 Å². The summed E-state index contributed by atoms with van der Waals surface area (Å²) < 4.78 is 33.0. The molecule has 0 unspecified atom stereocenters. The third-order valence-electron chi connectivity index (χ3n) is 4.06. The quantitative estimate of drug-likeness (QED) is 0.928. The zero-order valence-corrected chi connectivity index (χ0v) is 12.8. The van der Waals surface area contributed by atoms with Gasteiger partial charge in [-0.25, -0.2) is 8.78 Å². The lowest BCUT2D eigenvalue weighted by Gasteiger charge is -2.32. The molecule has 0 atom stereocenters. The van der Waals surface area contributed by atoms with Crippen molar-refractivity contribution in [3.05, 3.63) is 48.3 Å². The Morgan fingerprint density at radius 3 is 2.46 bits per heavy atom. The van der Waals surface area contributed by atoms with E-state index in [1.165, 1.54) is 36.7 Å². The van der Waals surface area contributed by atoms with Crippen molar-refractivity contribution in [2.75, 3.05) is 18.0 Å². The maximum atomic E-state index is 14.7. The molecule has 1 N–H and O–H groups in total. The van der Waals surface area contributed by atoms with Gasteiger partial charge in [0.2, 0.25) is 0 Å². The molecule has 1 aliphatic rings. The van der Waals surface area contributed by atoms with Gasteiger partial charge in [-0.1, -0.05) is 0 Å². The van der Waals surface area contributed by atoms with E-state index in [4.69, 9.17) is 9.84 Å². The standard InChI is InChI=1S/C17H16F2N2O3/c18-12-1-3-13(4-2-12)24-15-10-20-9-14(16(15)19)21-7-5-11(6-8-21)17(22)23/h1-4,9-11H,5-8H2,(H,22,23). The van der Waals surface area contributed by atoms with E-state index in [1.807, 2.05) is 0 Å². The molecule has 1 aliphatic heterocycles. The normalized spacial score (nSPS) is 15.3. The van der Waals surface area contributed by atoms with E-state index >= 15 is 0 Å². The highest BCUT2D eigenvalue weighted by Crippen LogP contribution is 2.32. The Hall–Kier alpha value is -2.70. The first-order valence-corrected chi connectivity index (χ1v) is 7.59. The van der Waals surface area contributed by atoms with Gasteiger partial charge in [-0.2, -0.15) is 0 Å². The zero-order valence-electron chi connectivity index (χ0n) is 12.8. The first-order valence-electron chi connectivity index (χ1n) is 7.59. The third kappa shape index (κ3) is 3.45. The summed E-state index contributed by atoms with van der Waals surface area (Å²) in [6.45, 7) is 0.880. The van der Waals surface area contributed by atoms with Crippen molar-refractivity contribution in [3.8, 4) is 11.5 Å². The molecule has 2 aromatic rings. The molecule has 1 fully saturated rings. The molecule has 0 amide bonds. The summed E-state index contributed by atoms with van der Waals surface area (Å²) in [7, 11) is 0. The summed E-state index contributed by atoms with van der Waals surface area (Å²) in [5.74, 6) is -1.94. The van der Waals surface area contributed by atoms with Gasteiger partial charge in [0.1, 0.15) is 11.6 Å². The largest absolute Gasteiger partial charge is 0.481 e. The van der Waals surface area contributed by atoms with Crippen LogP contribution in [0.25, 0.3) is 0 Å². The minimum Gasteiger partial charge on any atom is -0.481 e. The molecule has 0 saturated carbocycles. The highest BCUT2D eigenvalue weighted by molar-refractivity contribution is 5.70. The predicted molar refractivity (Wildman–Crippen MR) is 83.2 cm³/mol. The van der Waals surface area contributed by atoms with Crippen LogP contribution >= 0.6 is 0 Å². The molecule has 2 heterocycles. The number of aliphatic carboxylic acids is 1. The van der Waals surface area contributed by atoms with Gasteiger partial charge in [0.15, 0.2) is 11.6 Å². The number of hydrogen-bond donors (Lipinski definition) is 1. The lowest BCUT2D eigenvalue weighted by atomic mass is 9.97. The molecule has 1 aromatic carbocycles. The van der Waals surface area contributed by atoms with E-state index in [0.717, 1.165) is 0 Å². The fraction of sp³-hybridized carbons (Fsp3) is 0.294. The Bertz CT molecular complexity index is 729. The zero-order chi connectivity index (χ0) is 17.1. The number of piperidine rings is 1.